The zero-order valence-corrected chi connectivity index (χ0v) is 8.37. The summed E-state index contributed by atoms with van der Waals surface area (Å²) >= 11 is 0. The lowest BCUT2D eigenvalue weighted by molar-refractivity contribution is -0.137. The summed E-state index contributed by atoms with van der Waals surface area (Å²) in [5, 5.41) is 0. The van der Waals surface area contributed by atoms with Crippen molar-refractivity contribution in [3.05, 3.63) is 0 Å². The molecule has 1 atom stereocenters. The minimum Gasteiger partial charge on any atom is -0.318 e. The molecule has 0 spiro atoms. The van der Waals surface area contributed by atoms with E-state index in [9.17, 15) is 18.0 Å². The number of carbonyl (C=O) groups is 2. The predicted octanol–water partition coefficient (Wildman–Crippen LogP) is -1.78. The topological polar surface area (TPSA) is 110 Å². The Morgan fingerprint density at radius 3 is 2.64 bits per heavy atom. The maximum absolute atomic E-state index is 11.1. The third kappa shape index (κ3) is 2.02. The lowest BCUT2D eigenvalue weighted by Gasteiger charge is -2.33. The average Bonchev–Trinajstić information content (AvgIpc) is 2.12. The van der Waals surface area contributed by atoms with E-state index in [0.717, 1.165) is 4.90 Å². The SMILES string of the molecule is CCS(=O)(=O)NC(=O)N1CC(N)C1=O. The number of sulfonamides is 1. The number of hydrogen-bond donors (Lipinski definition) is 2. The Labute approximate surface area is 81.3 Å². The van der Waals surface area contributed by atoms with Gasteiger partial charge in [0, 0.05) is 0 Å². The molecule has 1 aliphatic heterocycles. The molecule has 0 aromatic carbocycles. The minimum absolute atomic E-state index is 0.0594. The van der Waals surface area contributed by atoms with E-state index in [-0.39, 0.29) is 12.3 Å². The molecular formula is C6H11N3O4S. The fraction of sp³-hybridized carbons (Fsp3) is 0.667. The van der Waals surface area contributed by atoms with Crippen molar-refractivity contribution < 1.29 is 18.0 Å². The lowest BCUT2D eigenvalue weighted by atomic mass is 10.1. The van der Waals surface area contributed by atoms with Crippen molar-refractivity contribution in [3.8, 4) is 0 Å². The summed E-state index contributed by atoms with van der Waals surface area (Å²) in [6.07, 6.45) is 0. The van der Waals surface area contributed by atoms with Gasteiger partial charge in [0.25, 0.3) is 0 Å². The van der Waals surface area contributed by atoms with Gasteiger partial charge in [-0.05, 0) is 6.92 Å². The molecule has 3 amide bonds. The monoisotopic (exact) mass is 221 g/mol. The molecule has 14 heavy (non-hydrogen) atoms. The number of imide groups is 1. The number of rotatable bonds is 2. The Morgan fingerprint density at radius 1 is 1.71 bits per heavy atom. The van der Waals surface area contributed by atoms with Crippen molar-refractivity contribution in [2.75, 3.05) is 12.3 Å². The Bertz CT molecular complexity index is 363. The summed E-state index contributed by atoms with van der Waals surface area (Å²) in [6.45, 7) is 1.45. The normalized spacial score (nSPS) is 21.7. The van der Waals surface area contributed by atoms with E-state index in [0.29, 0.717) is 0 Å². The summed E-state index contributed by atoms with van der Waals surface area (Å²) < 4.78 is 23.6. The van der Waals surface area contributed by atoms with E-state index in [1.807, 2.05) is 0 Å². The molecule has 0 bridgehead atoms. The average molecular weight is 221 g/mol. The van der Waals surface area contributed by atoms with Crippen molar-refractivity contribution in [1.82, 2.24) is 9.62 Å². The quantitative estimate of drug-likeness (QED) is 0.535. The van der Waals surface area contributed by atoms with Gasteiger partial charge in [0.15, 0.2) is 0 Å². The molecule has 0 aromatic rings. The van der Waals surface area contributed by atoms with Crippen molar-refractivity contribution in [2.24, 2.45) is 5.73 Å². The molecule has 1 rings (SSSR count). The maximum Gasteiger partial charge on any atom is 0.337 e. The van der Waals surface area contributed by atoms with Crippen LogP contribution in [0.4, 0.5) is 4.79 Å². The molecule has 0 saturated carbocycles. The van der Waals surface area contributed by atoms with Gasteiger partial charge in [0.1, 0.15) is 6.04 Å². The first kappa shape index (κ1) is 10.9. The van der Waals surface area contributed by atoms with E-state index in [1.165, 1.54) is 6.92 Å². The molecule has 1 heterocycles. The summed E-state index contributed by atoms with van der Waals surface area (Å²) in [5.41, 5.74) is 5.23. The molecule has 80 valence electrons. The van der Waals surface area contributed by atoms with Gasteiger partial charge >= 0.3 is 6.03 Å². The van der Waals surface area contributed by atoms with Gasteiger partial charge in [-0.1, -0.05) is 0 Å². The van der Waals surface area contributed by atoms with Crippen LogP contribution in [0.25, 0.3) is 0 Å². The highest BCUT2D eigenvalue weighted by Crippen LogP contribution is 2.07. The molecular weight excluding hydrogens is 210 g/mol. The first-order valence-electron chi connectivity index (χ1n) is 3.99. The van der Waals surface area contributed by atoms with Crippen molar-refractivity contribution in [3.63, 3.8) is 0 Å². The third-order valence-corrected chi connectivity index (χ3v) is 3.08. The molecule has 1 unspecified atom stereocenters. The molecule has 0 aromatic heterocycles. The molecule has 1 fully saturated rings. The predicted molar refractivity (Wildman–Crippen MR) is 47.7 cm³/mol. The second kappa shape index (κ2) is 3.54. The first-order chi connectivity index (χ1) is 6.37. The Kier molecular flexibility index (Phi) is 2.76. The van der Waals surface area contributed by atoms with Crippen LogP contribution in [0.1, 0.15) is 6.92 Å². The van der Waals surface area contributed by atoms with E-state index in [2.05, 4.69) is 0 Å². The van der Waals surface area contributed by atoms with Gasteiger partial charge < -0.3 is 5.73 Å². The Balaban J connectivity index is 2.57. The smallest absolute Gasteiger partial charge is 0.318 e. The van der Waals surface area contributed by atoms with Gasteiger partial charge in [-0.3, -0.25) is 9.69 Å². The maximum atomic E-state index is 11.1. The number of β-lactam (4-membered cyclic amide) rings is 1. The largest absolute Gasteiger partial charge is 0.337 e. The number of carbonyl (C=O) groups excluding carboxylic acids is 2. The number of amides is 3. The van der Waals surface area contributed by atoms with Crippen LogP contribution >= 0.6 is 0 Å². The van der Waals surface area contributed by atoms with Crippen LogP contribution in [0.5, 0.6) is 0 Å². The summed E-state index contributed by atoms with van der Waals surface area (Å²) in [4.78, 5) is 22.8. The number of urea groups is 1. The van der Waals surface area contributed by atoms with Crippen LogP contribution in [0.3, 0.4) is 0 Å². The van der Waals surface area contributed by atoms with E-state index >= 15 is 0 Å². The van der Waals surface area contributed by atoms with E-state index < -0.39 is 28.0 Å². The standard InChI is InChI=1S/C6H11N3O4S/c1-2-14(12,13)8-6(11)9-3-4(7)5(9)10/h4H,2-3,7H2,1H3,(H,8,11). The summed E-state index contributed by atoms with van der Waals surface area (Å²) in [5.74, 6) is -0.777. The molecule has 0 aliphatic carbocycles. The molecule has 1 saturated heterocycles. The van der Waals surface area contributed by atoms with Gasteiger partial charge in [0.05, 0.1) is 12.3 Å². The number of nitrogens with two attached hydrogens (primary N) is 1. The zero-order chi connectivity index (χ0) is 10.9. The Hall–Kier alpha value is -1.15. The van der Waals surface area contributed by atoms with Gasteiger partial charge in [-0.25, -0.2) is 17.9 Å². The minimum atomic E-state index is -3.62. The summed E-state index contributed by atoms with van der Waals surface area (Å²) in [6, 6.07) is -1.62. The van der Waals surface area contributed by atoms with Crippen LogP contribution in [0.2, 0.25) is 0 Å². The fourth-order valence-electron chi connectivity index (χ4n) is 0.896. The molecule has 3 N–H and O–H groups in total. The Morgan fingerprint density at radius 2 is 2.29 bits per heavy atom. The fourth-order valence-corrected chi connectivity index (χ4v) is 1.42. The molecule has 8 heteroatoms. The van der Waals surface area contributed by atoms with E-state index in [1.54, 1.807) is 4.72 Å². The van der Waals surface area contributed by atoms with Gasteiger partial charge in [-0.15, -0.1) is 0 Å². The van der Waals surface area contributed by atoms with Crippen LogP contribution in [0.15, 0.2) is 0 Å². The molecule has 7 nitrogen and oxygen atoms in total. The highest BCUT2D eigenvalue weighted by Gasteiger charge is 2.39. The lowest BCUT2D eigenvalue weighted by Crippen LogP contribution is -2.65. The van der Waals surface area contributed by atoms with Crippen LogP contribution in [-0.4, -0.2) is 43.6 Å². The molecule has 0 radical (unpaired) electrons. The zero-order valence-electron chi connectivity index (χ0n) is 7.56. The first-order valence-corrected chi connectivity index (χ1v) is 5.64. The summed E-state index contributed by atoms with van der Waals surface area (Å²) in [7, 11) is -3.62. The highest BCUT2D eigenvalue weighted by molar-refractivity contribution is 7.90. The van der Waals surface area contributed by atoms with Gasteiger partial charge in [-0.2, -0.15) is 0 Å². The number of hydrogen-bond acceptors (Lipinski definition) is 5. The molecule has 1 aliphatic rings. The van der Waals surface area contributed by atoms with Crippen molar-refractivity contribution in [1.29, 1.82) is 0 Å². The number of likely N-dealkylation sites (tertiary alicyclic amines) is 1. The second-order valence-corrected chi connectivity index (χ2v) is 4.88. The number of nitrogens with zero attached hydrogens (tertiary/aromatic N) is 1. The number of nitrogens with one attached hydrogen (secondary N) is 1. The van der Waals surface area contributed by atoms with Crippen LogP contribution in [-0.2, 0) is 14.8 Å². The third-order valence-electron chi connectivity index (χ3n) is 1.83. The van der Waals surface area contributed by atoms with Crippen molar-refractivity contribution >= 4 is 22.0 Å². The van der Waals surface area contributed by atoms with Crippen LogP contribution < -0.4 is 10.5 Å². The van der Waals surface area contributed by atoms with Gasteiger partial charge in [0.2, 0.25) is 15.9 Å². The van der Waals surface area contributed by atoms with E-state index in [4.69, 9.17) is 5.73 Å². The highest BCUT2D eigenvalue weighted by atomic mass is 32.2. The van der Waals surface area contributed by atoms with Crippen LogP contribution in [0, 0.1) is 0 Å². The second-order valence-electron chi connectivity index (χ2n) is 2.87. The van der Waals surface area contributed by atoms with Crippen molar-refractivity contribution in [2.45, 2.75) is 13.0 Å².